The number of benzene rings is 2. The number of H-pyrrole nitrogens is 1. The van der Waals surface area contributed by atoms with Gasteiger partial charge in [-0.3, -0.25) is 9.89 Å². The lowest BCUT2D eigenvalue weighted by Crippen LogP contribution is -2.05. The normalized spacial score (nSPS) is 11.6. The smallest absolute Gasteiger partial charge is 0.221 e. The van der Waals surface area contributed by atoms with Gasteiger partial charge in [0.25, 0.3) is 0 Å². The molecule has 0 saturated carbocycles. The SMILES string of the molecule is CC(=O)Nc1cc(Cl)cc(-c2[nH]nc3ncc(-c4cccc(S(C)(=O)=O)c4)cc23)c1. The fourth-order valence-electron chi connectivity index (χ4n) is 3.19. The summed E-state index contributed by atoms with van der Waals surface area (Å²) in [5.74, 6) is -0.201. The van der Waals surface area contributed by atoms with E-state index in [0.717, 1.165) is 22.1 Å². The van der Waals surface area contributed by atoms with Crippen molar-refractivity contribution in [3.63, 3.8) is 0 Å². The number of nitrogens with zero attached hydrogens (tertiary/aromatic N) is 2. The van der Waals surface area contributed by atoms with Crippen molar-refractivity contribution in [3.8, 4) is 22.4 Å². The minimum Gasteiger partial charge on any atom is -0.326 e. The van der Waals surface area contributed by atoms with Crippen LogP contribution in [0.5, 0.6) is 0 Å². The summed E-state index contributed by atoms with van der Waals surface area (Å²) < 4.78 is 23.8. The van der Waals surface area contributed by atoms with E-state index in [0.29, 0.717) is 22.1 Å². The van der Waals surface area contributed by atoms with Crippen LogP contribution < -0.4 is 5.32 Å². The van der Waals surface area contributed by atoms with Crippen molar-refractivity contribution >= 4 is 44.1 Å². The Morgan fingerprint density at radius 3 is 2.60 bits per heavy atom. The van der Waals surface area contributed by atoms with Gasteiger partial charge >= 0.3 is 0 Å². The number of rotatable bonds is 4. The lowest BCUT2D eigenvalue weighted by molar-refractivity contribution is -0.114. The van der Waals surface area contributed by atoms with Gasteiger partial charge in [-0.1, -0.05) is 23.7 Å². The summed E-state index contributed by atoms with van der Waals surface area (Å²) in [6.45, 7) is 1.42. The Kier molecular flexibility index (Phi) is 5.05. The molecule has 30 heavy (non-hydrogen) atoms. The largest absolute Gasteiger partial charge is 0.326 e. The van der Waals surface area contributed by atoms with Crippen LogP contribution in [0.3, 0.4) is 0 Å². The molecule has 2 N–H and O–H groups in total. The molecule has 7 nitrogen and oxygen atoms in total. The van der Waals surface area contributed by atoms with Gasteiger partial charge in [0.2, 0.25) is 5.91 Å². The van der Waals surface area contributed by atoms with Crippen LogP contribution in [0.25, 0.3) is 33.4 Å². The Bertz CT molecular complexity index is 1400. The van der Waals surface area contributed by atoms with E-state index in [-0.39, 0.29) is 10.8 Å². The van der Waals surface area contributed by atoms with E-state index in [1.165, 1.54) is 13.2 Å². The van der Waals surface area contributed by atoms with Crippen LogP contribution in [0.4, 0.5) is 5.69 Å². The first-order valence-electron chi connectivity index (χ1n) is 8.94. The van der Waals surface area contributed by atoms with E-state index >= 15 is 0 Å². The van der Waals surface area contributed by atoms with E-state index < -0.39 is 9.84 Å². The van der Waals surface area contributed by atoms with Gasteiger partial charge in [-0.15, -0.1) is 0 Å². The number of carbonyl (C=O) groups is 1. The predicted molar refractivity (Wildman–Crippen MR) is 117 cm³/mol. The van der Waals surface area contributed by atoms with Crippen molar-refractivity contribution in [2.24, 2.45) is 0 Å². The lowest BCUT2D eigenvalue weighted by Gasteiger charge is -2.07. The van der Waals surface area contributed by atoms with Gasteiger partial charge in [0, 0.05) is 46.6 Å². The first kappa shape index (κ1) is 20.1. The number of sulfone groups is 1. The van der Waals surface area contributed by atoms with Crippen molar-refractivity contribution in [3.05, 3.63) is 59.8 Å². The minimum absolute atomic E-state index is 0.201. The summed E-state index contributed by atoms with van der Waals surface area (Å²) in [5.41, 5.74) is 3.97. The van der Waals surface area contributed by atoms with Gasteiger partial charge in [0.1, 0.15) is 0 Å². The summed E-state index contributed by atoms with van der Waals surface area (Å²) in [5, 5.41) is 11.1. The molecule has 1 amide bonds. The molecule has 152 valence electrons. The van der Waals surface area contributed by atoms with Crippen LogP contribution in [-0.4, -0.2) is 35.8 Å². The number of halogens is 1. The number of hydrogen-bond donors (Lipinski definition) is 2. The maximum atomic E-state index is 11.9. The number of anilines is 1. The third kappa shape index (κ3) is 4.05. The molecule has 0 unspecified atom stereocenters. The molecule has 0 atom stereocenters. The number of hydrogen-bond acceptors (Lipinski definition) is 5. The number of pyridine rings is 1. The minimum atomic E-state index is -3.32. The van der Waals surface area contributed by atoms with E-state index in [9.17, 15) is 13.2 Å². The number of fused-ring (bicyclic) bond motifs is 1. The monoisotopic (exact) mass is 440 g/mol. The molecule has 0 radical (unpaired) electrons. The molecule has 2 heterocycles. The highest BCUT2D eigenvalue weighted by Crippen LogP contribution is 2.33. The first-order chi connectivity index (χ1) is 14.2. The molecule has 0 bridgehead atoms. The highest BCUT2D eigenvalue weighted by molar-refractivity contribution is 7.90. The molecule has 0 aliphatic heterocycles. The van der Waals surface area contributed by atoms with Gasteiger partial charge in [0.05, 0.1) is 10.6 Å². The fourth-order valence-corrected chi connectivity index (χ4v) is 4.10. The number of aromatic nitrogens is 3. The van der Waals surface area contributed by atoms with Gasteiger partial charge < -0.3 is 5.32 Å². The van der Waals surface area contributed by atoms with Crippen LogP contribution in [0, 0.1) is 0 Å². The summed E-state index contributed by atoms with van der Waals surface area (Å²) in [6, 6.07) is 13.8. The lowest BCUT2D eigenvalue weighted by atomic mass is 10.0. The second-order valence-corrected chi connectivity index (χ2v) is 9.36. The topological polar surface area (TPSA) is 105 Å². The highest BCUT2D eigenvalue weighted by atomic mass is 35.5. The molecule has 0 fully saturated rings. The number of amides is 1. The quantitative estimate of drug-likeness (QED) is 0.492. The molecule has 0 aliphatic rings. The Labute approximate surface area is 178 Å². The fraction of sp³-hybridized carbons (Fsp3) is 0.0952. The number of nitrogens with one attached hydrogen (secondary N) is 2. The van der Waals surface area contributed by atoms with Gasteiger partial charge in [-0.05, 0) is 42.0 Å². The third-order valence-electron chi connectivity index (χ3n) is 4.51. The Morgan fingerprint density at radius 1 is 1.07 bits per heavy atom. The molecule has 4 rings (SSSR count). The molecule has 4 aromatic rings. The van der Waals surface area contributed by atoms with Crippen molar-refractivity contribution < 1.29 is 13.2 Å². The summed E-state index contributed by atoms with van der Waals surface area (Å²) >= 11 is 6.23. The molecular weight excluding hydrogens is 424 g/mol. The number of carbonyl (C=O) groups excluding carboxylic acids is 1. The standard InChI is InChI=1S/C21H17ClN4O3S/c1-12(27)24-17-7-14(6-16(22)10-17)20-19-9-15(11-23-21(19)26-25-20)13-4-3-5-18(8-13)30(2,28)29/h3-11H,1-2H3,(H,24,27)(H,23,25,26). The summed E-state index contributed by atoms with van der Waals surface area (Å²) in [6.07, 6.45) is 2.82. The Hall–Kier alpha value is -3.23. The zero-order chi connectivity index (χ0) is 21.5. The zero-order valence-electron chi connectivity index (χ0n) is 16.1. The highest BCUT2D eigenvalue weighted by Gasteiger charge is 2.14. The second-order valence-electron chi connectivity index (χ2n) is 6.90. The van der Waals surface area contributed by atoms with Gasteiger partial charge in [-0.25, -0.2) is 13.4 Å². The van der Waals surface area contributed by atoms with E-state index in [1.807, 2.05) is 12.1 Å². The van der Waals surface area contributed by atoms with Crippen molar-refractivity contribution in [1.29, 1.82) is 0 Å². The van der Waals surface area contributed by atoms with Crippen LogP contribution in [0.2, 0.25) is 5.02 Å². The van der Waals surface area contributed by atoms with Crippen LogP contribution >= 0.6 is 11.6 Å². The molecule has 2 aromatic carbocycles. The average molecular weight is 441 g/mol. The van der Waals surface area contributed by atoms with Crippen LogP contribution in [-0.2, 0) is 14.6 Å². The maximum Gasteiger partial charge on any atom is 0.221 e. The molecule has 0 aliphatic carbocycles. The molecule has 0 saturated heterocycles. The molecular formula is C21H17ClN4O3S. The molecule has 9 heteroatoms. The van der Waals surface area contributed by atoms with Crippen molar-refractivity contribution in [1.82, 2.24) is 15.2 Å². The second kappa shape index (κ2) is 7.55. The number of aromatic amines is 1. The van der Waals surface area contributed by atoms with E-state index in [2.05, 4.69) is 20.5 Å². The Morgan fingerprint density at radius 2 is 1.87 bits per heavy atom. The van der Waals surface area contributed by atoms with E-state index in [4.69, 9.17) is 11.6 Å². The maximum absolute atomic E-state index is 11.9. The van der Waals surface area contributed by atoms with Crippen LogP contribution in [0.1, 0.15) is 6.92 Å². The van der Waals surface area contributed by atoms with Crippen LogP contribution in [0.15, 0.2) is 59.6 Å². The Balaban J connectivity index is 1.84. The summed E-state index contributed by atoms with van der Waals surface area (Å²) in [4.78, 5) is 16.0. The third-order valence-corrected chi connectivity index (χ3v) is 5.84. The predicted octanol–water partition coefficient (Wildman–Crippen LogP) is 4.31. The zero-order valence-corrected chi connectivity index (χ0v) is 17.7. The molecule has 2 aromatic heterocycles. The molecule has 0 spiro atoms. The van der Waals surface area contributed by atoms with E-state index in [1.54, 1.807) is 42.6 Å². The first-order valence-corrected chi connectivity index (χ1v) is 11.2. The van der Waals surface area contributed by atoms with Gasteiger partial charge in [-0.2, -0.15) is 5.10 Å². The van der Waals surface area contributed by atoms with Crippen molar-refractivity contribution in [2.45, 2.75) is 11.8 Å². The average Bonchev–Trinajstić information content (AvgIpc) is 3.09. The van der Waals surface area contributed by atoms with Crippen molar-refractivity contribution in [2.75, 3.05) is 11.6 Å². The van der Waals surface area contributed by atoms with Gasteiger partial charge in [0.15, 0.2) is 15.5 Å². The summed E-state index contributed by atoms with van der Waals surface area (Å²) in [7, 11) is -3.32.